The summed E-state index contributed by atoms with van der Waals surface area (Å²) in [7, 11) is 0. The smallest absolute Gasteiger partial charge is 0.155 e. The van der Waals surface area contributed by atoms with Crippen molar-refractivity contribution in [3.05, 3.63) is 36.0 Å². The minimum absolute atomic E-state index is 0. The fourth-order valence-electron chi connectivity index (χ4n) is 1.31. The second-order valence-electron chi connectivity index (χ2n) is 3.34. The average Bonchev–Trinajstić information content (AvgIpc) is 2.78. The van der Waals surface area contributed by atoms with E-state index in [0.717, 1.165) is 0 Å². The summed E-state index contributed by atoms with van der Waals surface area (Å²) < 4.78 is 1.56. The highest BCUT2D eigenvalue weighted by atomic mass is 35.5. The Morgan fingerprint density at radius 3 is 2.61 bits per heavy atom. The van der Waals surface area contributed by atoms with Crippen molar-refractivity contribution in [3.8, 4) is 11.9 Å². The maximum atomic E-state index is 8.66. The molecule has 0 radical (unpaired) electrons. The summed E-state index contributed by atoms with van der Waals surface area (Å²) in [6.45, 7) is 1.82. The van der Waals surface area contributed by atoms with Crippen LogP contribution in [0.5, 0.6) is 0 Å². The van der Waals surface area contributed by atoms with E-state index < -0.39 is 0 Å². The van der Waals surface area contributed by atoms with E-state index in [-0.39, 0.29) is 31.9 Å². The van der Waals surface area contributed by atoms with Gasteiger partial charge in [0.05, 0.1) is 11.6 Å². The van der Waals surface area contributed by atoms with Crippen LogP contribution in [0, 0.1) is 11.3 Å². The van der Waals surface area contributed by atoms with Gasteiger partial charge in [-0.3, -0.25) is 0 Å². The summed E-state index contributed by atoms with van der Waals surface area (Å²) in [5, 5.41) is 12.7. The van der Waals surface area contributed by atoms with Gasteiger partial charge in [0, 0.05) is 6.20 Å². The van der Waals surface area contributed by atoms with E-state index in [4.69, 9.17) is 11.0 Å². The lowest BCUT2D eigenvalue weighted by Gasteiger charge is -2.06. The Balaban J connectivity index is 0.00000144. The van der Waals surface area contributed by atoms with Crippen molar-refractivity contribution in [2.45, 2.75) is 13.0 Å². The van der Waals surface area contributed by atoms with Crippen LogP contribution in [0.25, 0.3) is 5.82 Å². The predicted molar refractivity (Wildman–Crippen MR) is 74.1 cm³/mol. The van der Waals surface area contributed by atoms with Crippen LogP contribution in [-0.2, 0) is 0 Å². The molecule has 6 nitrogen and oxygen atoms in total. The maximum absolute atomic E-state index is 8.66. The fraction of sp³-hybridized carbons (Fsp3) is 0.200. The van der Waals surface area contributed by atoms with Gasteiger partial charge in [-0.05, 0) is 19.1 Å². The first kappa shape index (κ1) is 16.4. The van der Waals surface area contributed by atoms with Crippen LogP contribution in [0.1, 0.15) is 24.4 Å². The predicted octanol–water partition coefficient (Wildman–Crippen LogP) is 1.09. The molecule has 0 saturated heterocycles. The van der Waals surface area contributed by atoms with Crippen LogP contribution in [-0.4, -0.2) is 19.7 Å². The van der Waals surface area contributed by atoms with Gasteiger partial charge in [0.25, 0.3) is 0 Å². The zero-order valence-corrected chi connectivity index (χ0v) is 11.4. The number of halogens is 1. The first-order valence-corrected chi connectivity index (χ1v) is 4.74. The third-order valence-corrected chi connectivity index (χ3v) is 2.08. The Kier molecular flexibility index (Phi) is 6.33. The largest absolute Gasteiger partial charge is 0.322 e. The molecule has 0 aliphatic heterocycles. The van der Waals surface area contributed by atoms with Gasteiger partial charge in [0.15, 0.2) is 11.6 Å². The Hall–Kier alpha value is -1.62. The topological polar surface area (TPSA) is 93.4 Å². The van der Waals surface area contributed by atoms with Crippen molar-refractivity contribution in [2.75, 3.05) is 0 Å². The van der Waals surface area contributed by atoms with Gasteiger partial charge in [-0.2, -0.15) is 28.5 Å². The van der Waals surface area contributed by atoms with E-state index in [2.05, 4.69) is 15.1 Å². The van der Waals surface area contributed by atoms with Gasteiger partial charge in [-0.25, -0.2) is 9.97 Å². The highest BCUT2D eigenvalue weighted by molar-refractivity contribution is 7.59. The second-order valence-corrected chi connectivity index (χ2v) is 3.34. The number of hydrogen-bond acceptors (Lipinski definition) is 5. The first-order valence-electron chi connectivity index (χ1n) is 4.74. The van der Waals surface area contributed by atoms with Crippen LogP contribution in [0.2, 0.25) is 0 Å². The molecule has 0 amide bonds. The lowest BCUT2D eigenvalue weighted by atomic mass is 10.3. The van der Waals surface area contributed by atoms with Gasteiger partial charge in [-0.1, -0.05) is 0 Å². The van der Waals surface area contributed by atoms with Crippen molar-refractivity contribution in [3.63, 3.8) is 0 Å². The highest BCUT2D eigenvalue weighted by Gasteiger charge is 2.11. The SMILES string of the molecule is C[C@H](N)c1ncnn1-c1ccc(C#N)cn1.Cl.S. The molecule has 0 bridgehead atoms. The third kappa shape index (κ3) is 3.20. The van der Waals surface area contributed by atoms with Crippen molar-refractivity contribution in [1.29, 1.82) is 5.26 Å². The van der Waals surface area contributed by atoms with Crippen molar-refractivity contribution in [2.24, 2.45) is 5.73 Å². The van der Waals surface area contributed by atoms with Gasteiger partial charge in [0.1, 0.15) is 12.4 Å². The zero-order chi connectivity index (χ0) is 11.5. The van der Waals surface area contributed by atoms with E-state index >= 15 is 0 Å². The lowest BCUT2D eigenvalue weighted by molar-refractivity contribution is 0.681. The Labute approximate surface area is 118 Å². The molecule has 0 unspecified atom stereocenters. The summed E-state index contributed by atoms with van der Waals surface area (Å²) in [5.41, 5.74) is 6.25. The average molecular weight is 285 g/mol. The van der Waals surface area contributed by atoms with E-state index in [1.54, 1.807) is 16.8 Å². The molecule has 18 heavy (non-hydrogen) atoms. The molecule has 0 fully saturated rings. The standard InChI is InChI=1S/C10H10N6.ClH.H2S/c1-7(12)10-14-6-15-16(10)9-3-2-8(4-11)5-13-9;;/h2-3,5-7H,12H2,1H3;1H;1H2/t7-;;/m0../s1. The summed E-state index contributed by atoms with van der Waals surface area (Å²) in [4.78, 5) is 8.17. The number of nitrogens with zero attached hydrogens (tertiary/aromatic N) is 5. The summed E-state index contributed by atoms with van der Waals surface area (Å²) in [6.07, 6.45) is 2.92. The lowest BCUT2D eigenvalue weighted by Crippen LogP contribution is -2.14. The van der Waals surface area contributed by atoms with Crippen molar-refractivity contribution >= 4 is 25.9 Å². The van der Waals surface area contributed by atoms with Crippen molar-refractivity contribution in [1.82, 2.24) is 19.7 Å². The molecule has 0 saturated carbocycles. The van der Waals surface area contributed by atoms with Gasteiger partial charge >= 0.3 is 0 Å². The Bertz CT molecular complexity index is 530. The molecule has 0 spiro atoms. The van der Waals surface area contributed by atoms with Crippen LogP contribution < -0.4 is 5.73 Å². The molecule has 8 heteroatoms. The minimum atomic E-state index is -0.222. The van der Waals surface area contributed by atoms with Crippen LogP contribution in [0.4, 0.5) is 0 Å². The maximum Gasteiger partial charge on any atom is 0.155 e. The fourth-order valence-corrected chi connectivity index (χ4v) is 1.31. The zero-order valence-electron chi connectivity index (χ0n) is 9.61. The van der Waals surface area contributed by atoms with Gasteiger partial charge in [-0.15, -0.1) is 12.4 Å². The van der Waals surface area contributed by atoms with E-state index in [0.29, 0.717) is 17.2 Å². The van der Waals surface area contributed by atoms with Gasteiger partial charge < -0.3 is 5.73 Å². The number of rotatable bonds is 2. The number of hydrogen-bond donors (Lipinski definition) is 1. The van der Waals surface area contributed by atoms with E-state index in [1.807, 2.05) is 13.0 Å². The number of nitrogens with two attached hydrogens (primary N) is 1. The summed E-state index contributed by atoms with van der Waals surface area (Å²) in [5.74, 6) is 1.24. The third-order valence-electron chi connectivity index (χ3n) is 2.08. The van der Waals surface area contributed by atoms with Crippen LogP contribution in [0.3, 0.4) is 0 Å². The molecule has 0 aliphatic rings. The van der Waals surface area contributed by atoms with E-state index in [1.165, 1.54) is 12.5 Å². The summed E-state index contributed by atoms with van der Waals surface area (Å²) >= 11 is 0. The summed E-state index contributed by atoms with van der Waals surface area (Å²) in [6, 6.07) is 5.17. The molecular formula is C10H13ClN6S. The molecule has 0 aliphatic carbocycles. The second kappa shape index (κ2) is 6.96. The molecule has 2 aromatic heterocycles. The van der Waals surface area contributed by atoms with Gasteiger partial charge in [0.2, 0.25) is 0 Å². The molecule has 2 N–H and O–H groups in total. The normalized spacial score (nSPS) is 10.7. The molecule has 2 aromatic rings. The highest BCUT2D eigenvalue weighted by Crippen LogP contribution is 2.10. The monoisotopic (exact) mass is 284 g/mol. The number of pyridine rings is 1. The number of nitriles is 1. The molecule has 96 valence electrons. The quantitative estimate of drug-likeness (QED) is 0.891. The number of aromatic nitrogens is 4. The molecule has 2 heterocycles. The first-order chi connectivity index (χ1) is 7.72. The Morgan fingerprint density at radius 1 is 1.39 bits per heavy atom. The molecule has 2 rings (SSSR count). The molecule has 0 aromatic carbocycles. The van der Waals surface area contributed by atoms with Crippen LogP contribution >= 0.6 is 25.9 Å². The molecular weight excluding hydrogens is 272 g/mol. The van der Waals surface area contributed by atoms with Crippen molar-refractivity contribution < 1.29 is 0 Å². The van der Waals surface area contributed by atoms with Crippen LogP contribution in [0.15, 0.2) is 24.7 Å². The molecule has 1 atom stereocenters. The van der Waals surface area contributed by atoms with E-state index in [9.17, 15) is 0 Å². The minimum Gasteiger partial charge on any atom is -0.322 e. The Morgan fingerprint density at radius 2 is 2.11 bits per heavy atom.